The molecule has 6 nitrogen and oxygen atoms in total. The number of hydrogen-bond acceptors (Lipinski definition) is 4. The molecule has 150 valence electrons. The number of anilines is 1. The van der Waals surface area contributed by atoms with E-state index in [9.17, 15) is 9.59 Å². The minimum Gasteiger partial charge on any atom is -0.495 e. The molecule has 1 atom stereocenters. The van der Waals surface area contributed by atoms with Crippen molar-refractivity contribution < 1.29 is 14.3 Å². The van der Waals surface area contributed by atoms with E-state index in [2.05, 4.69) is 5.32 Å². The van der Waals surface area contributed by atoms with E-state index in [-0.39, 0.29) is 36.6 Å². The number of ether oxygens (including phenoxy) is 1. The predicted molar refractivity (Wildman–Crippen MR) is 109 cm³/mol. The molecule has 2 saturated heterocycles. The minimum atomic E-state index is -0.299. The average molecular weight is 416 g/mol. The molecule has 0 spiro atoms. The summed E-state index contributed by atoms with van der Waals surface area (Å²) in [6.45, 7) is 2.92. The van der Waals surface area contributed by atoms with E-state index in [1.807, 2.05) is 11.9 Å². The highest BCUT2D eigenvalue weighted by Gasteiger charge is 2.39. The standard InChI is InChI=1S/C19H26ClN3O3.ClH/c1-21-11-13-5-7-22(8-6-13)19(25)14-9-18(24)23(12-14)16-10-15(20)3-4-17(16)26-2;/h3-4,10,13-14,21H,5-9,11-12H2,1-2H3;1H. The molecular formula is C19H27Cl2N3O3. The third kappa shape index (κ3) is 4.86. The summed E-state index contributed by atoms with van der Waals surface area (Å²) in [6.07, 6.45) is 2.27. The van der Waals surface area contributed by atoms with Crippen LogP contribution in [-0.2, 0) is 9.59 Å². The first kappa shape index (κ1) is 21.8. The Morgan fingerprint density at radius 2 is 2.04 bits per heavy atom. The Labute approximate surface area is 171 Å². The van der Waals surface area contributed by atoms with Gasteiger partial charge in [-0.2, -0.15) is 0 Å². The number of hydrogen-bond donors (Lipinski definition) is 1. The molecule has 1 N–H and O–H groups in total. The van der Waals surface area contributed by atoms with E-state index < -0.39 is 0 Å². The molecule has 2 aliphatic rings. The number of benzene rings is 1. The molecule has 0 radical (unpaired) electrons. The molecule has 1 aromatic carbocycles. The third-order valence-electron chi connectivity index (χ3n) is 5.32. The third-order valence-corrected chi connectivity index (χ3v) is 5.56. The zero-order valence-electron chi connectivity index (χ0n) is 15.7. The number of methoxy groups -OCH3 is 1. The van der Waals surface area contributed by atoms with Crippen molar-refractivity contribution in [3.05, 3.63) is 23.2 Å². The molecule has 0 saturated carbocycles. The van der Waals surface area contributed by atoms with Crippen LogP contribution in [0.1, 0.15) is 19.3 Å². The van der Waals surface area contributed by atoms with Gasteiger partial charge in [-0.25, -0.2) is 0 Å². The predicted octanol–water partition coefficient (Wildman–Crippen LogP) is 2.58. The molecule has 2 amide bonds. The molecule has 2 aliphatic heterocycles. The van der Waals surface area contributed by atoms with Gasteiger partial charge in [-0.15, -0.1) is 12.4 Å². The van der Waals surface area contributed by atoms with Gasteiger partial charge in [0.15, 0.2) is 0 Å². The molecule has 2 fully saturated rings. The second-order valence-corrected chi connectivity index (χ2v) is 7.48. The zero-order valence-corrected chi connectivity index (χ0v) is 17.3. The maximum Gasteiger partial charge on any atom is 0.228 e. The van der Waals surface area contributed by atoms with Crippen LogP contribution in [0.15, 0.2) is 18.2 Å². The molecular weight excluding hydrogens is 389 g/mol. The molecule has 1 unspecified atom stereocenters. The van der Waals surface area contributed by atoms with Gasteiger partial charge in [0.25, 0.3) is 0 Å². The Morgan fingerprint density at radius 3 is 2.67 bits per heavy atom. The maximum absolute atomic E-state index is 12.9. The molecule has 1 aromatic rings. The van der Waals surface area contributed by atoms with E-state index in [0.717, 1.165) is 32.5 Å². The number of nitrogens with zero attached hydrogens (tertiary/aromatic N) is 2. The first-order valence-corrected chi connectivity index (χ1v) is 9.48. The Kier molecular flexibility index (Phi) is 7.77. The number of halogens is 2. The second-order valence-electron chi connectivity index (χ2n) is 7.05. The van der Waals surface area contributed by atoms with E-state index in [1.54, 1.807) is 30.2 Å². The zero-order chi connectivity index (χ0) is 18.7. The van der Waals surface area contributed by atoms with Crippen LogP contribution in [0.4, 0.5) is 5.69 Å². The monoisotopic (exact) mass is 415 g/mol. The van der Waals surface area contributed by atoms with Gasteiger partial charge < -0.3 is 19.9 Å². The normalized spacial score (nSPS) is 20.6. The summed E-state index contributed by atoms with van der Waals surface area (Å²) in [5.74, 6) is 0.941. The second kappa shape index (κ2) is 9.62. The van der Waals surface area contributed by atoms with Crippen LogP contribution in [0, 0.1) is 11.8 Å². The van der Waals surface area contributed by atoms with Crippen LogP contribution >= 0.6 is 24.0 Å². The van der Waals surface area contributed by atoms with E-state index in [1.165, 1.54) is 0 Å². The number of nitrogens with one attached hydrogen (secondary N) is 1. The lowest BCUT2D eigenvalue weighted by atomic mass is 9.95. The summed E-state index contributed by atoms with van der Waals surface area (Å²) in [4.78, 5) is 29.0. The number of carbonyl (C=O) groups is 2. The first-order chi connectivity index (χ1) is 12.5. The Balaban J connectivity index is 0.00000261. The SMILES string of the molecule is CNCC1CCN(C(=O)C2CC(=O)N(c3cc(Cl)ccc3OC)C2)CC1.Cl. The van der Waals surface area contributed by atoms with Crippen LogP contribution in [0.25, 0.3) is 0 Å². The summed E-state index contributed by atoms with van der Waals surface area (Å²) in [5.41, 5.74) is 0.632. The van der Waals surface area contributed by atoms with Gasteiger partial charge in [-0.3, -0.25) is 9.59 Å². The van der Waals surface area contributed by atoms with Crippen LogP contribution in [-0.4, -0.2) is 57.1 Å². The highest BCUT2D eigenvalue weighted by molar-refractivity contribution is 6.31. The lowest BCUT2D eigenvalue weighted by Gasteiger charge is -2.33. The Bertz CT molecular complexity index is 678. The van der Waals surface area contributed by atoms with E-state index >= 15 is 0 Å². The minimum absolute atomic E-state index is 0. The molecule has 0 aliphatic carbocycles. The number of rotatable bonds is 5. The number of piperidine rings is 1. The summed E-state index contributed by atoms with van der Waals surface area (Å²) in [7, 11) is 3.52. The summed E-state index contributed by atoms with van der Waals surface area (Å²) >= 11 is 6.09. The molecule has 0 aromatic heterocycles. The largest absolute Gasteiger partial charge is 0.495 e. The number of amides is 2. The molecule has 0 bridgehead atoms. The van der Waals surface area contributed by atoms with Gasteiger partial charge in [-0.1, -0.05) is 11.6 Å². The van der Waals surface area contributed by atoms with Gasteiger partial charge in [0, 0.05) is 31.1 Å². The van der Waals surface area contributed by atoms with Crippen molar-refractivity contribution in [2.75, 3.05) is 45.2 Å². The average Bonchev–Trinajstić information content (AvgIpc) is 3.03. The van der Waals surface area contributed by atoms with Crippen LogP contribution in [0.5, 0.6) is 5.75 Å². The number of carbonyl (C=O) groups excluding carboxylic acids is 2. The van der Waals surface area contributed by atoms with Crippen molar-refractivity contribution in [2.45, 2.75) is 19.3 Å². The molecule has 2 heterocycles. The Hall–Kier alpha value is -1.50. The summed E-state index contributed by atoms with van der Waals surface area (Å²) in [5, 5.41) is 3.74. The first-order valence-electron chi connectivity index (χ1n) is 9.10. The maximum atomic E-state index is 12.9. The van der Waals surface area contributed by atoms with Crippen molar-refractivity contribution >= 4 is 41.5 Å². The van der Waals surface area contributed by atoms with Gasteiger partial charge in [-0.05, 0) is 50.6 Å². The van der Waals surface area contributed by atoms with Crippen LogP contribution in [0.2, 0.25) is 5.02 Å². The highest BCUT2D eigenvalue weighted by Crippen LogP contribution is 2.35. The number of likely N-dealkylation sites (tertiary alicyclic amines) is 1. The fourth-order valence-corrected chi connectivity index (χ4v) is 4.05. The Morgan fingerprint density at radius 1 is 1.33 bits per heavy atom. The lowest BCUT2D eigenvalue weighted by molar-refractivity contribution is -0.137. The van der Waals surface area contributed by atoms with E-state index in [4.69, 9.17) is 16.3 Å². The summed E-state index contributed by atoms with van der Waals surface area (Å²) < 4.78 is 5.35. The van der Waals surface area contributed by atoms with Crippen molar-refractivity contribution in [3.8, 4) is 5.75 Å². The van der Waals surface area contributed by atoms with E-state index in [0.29, 0.717) is 28.9 Å². The van der Waals surface area contributed by atoms with Crippen molar-refractivity contribution in [3.63, 3.8) is 0 Å². The lowest BCUT2D eigenvalue weighted by Crippen LogP contribution is -2.43. The fraction of sp³-hybridized carbons (Fsp3) is 0.579. The molecule has 27 heavy (non-hydrogen) atoms. The van der Waals surface area contributed by atoms with Crippen molar-refractivity contribution in [1.29, 1.82) is 0 Å². The van der Waals surface area contributed by atoms with Gasteiger partial charge in [0.2, 0.25) is 11.8 Å². The molecule has 3 rings (SSSR count). The quantitative estimate of drug-likeness (QED) is 0.802. The van der Waals surface area contributed by atoms with Gasteiger partial charge in [0.05, 0.1) is 18.7 Å². The van der Waals surface area contributed by atoms with Gasteiger partial charge >= 0.3 is 0 Å². The van der Waals surface area contributed by atoms with Crippen molar-refractivity contribution in [1.82, 2.24) is 10.2 Å². The molecule has 8 heteroatoms. The topological polar surface area (TPSA) is 61.9 Å². The van der Waals surface area contributed by atoms with Gasteiger partial charge in [0.1, 0.15) is 5.75 Å². The smallest absolute Gasteiger partial charge is 0.228 e. The highest BCUT2D eigenvalue weighted by atomic mass is 35.5. The summed E-state index contributed by atoms with van der Waals surface area (Å²) in [6, 6.07) is 5.18. The fourth-order valence-electron chi connectivity index (χ4n) is 3.88. The van der Waals surface area contributed by atoms with Crippen LogP contribution in [0.3, 0.4) is 0 Å². The van der Waals surface area contributed by atoms with Crippen molar-refractivity contribution in [2.24, 2.45) is 11.8 Å². The van der Waals surface area contributed by atoms with Crippen LogP contribution < -0.4 is 15.0 Å².